The molecule has 0 aromatic heterocycles. The first-order chi connectivity index (χ1) is 22.5. The third kappa shape index (κ3) is 11.4. The van der Waals surface area contributed by atoms with Crippen LogP contribution in [0.25, 0.3) is 21.5 Å². The SMILES string of the molecule is CCc1ccc2c(c1)[cH-]c1cc(CC)ccc12.C[Si](C)(C)C1=C([Si](C)(C)C)C([Si](C)(C)C)[C-]=C1.[Cl-].[Cl-].[Zr+2]=[C](c1ccccc1)c1ccccc1. The molecular weight excluding hydrogens is 775 g/mol. The summed E-state index contributed by atoms with van der Waals surface area (Å²) < 4.78 is 1.42. The summed E-state index contributed by atoms with van der Waals surface area (Å²) in [6, 6.07) is 37.1. The molecule has 264 valence electrons. The second-order valence-electron chi connectivity index (χ2n) is 16.2. The van der Waals surface area contributed by atoms with E-state index >= 15 is 0 Å². The van der Waals surface area contributed by atoms with Gasteiger partial charge >= 0.3 is 99.2 Å². The van der Waals surface area contributed by atoms with Crippen LogP contribution in [-0.4, -0.2) is 27.4 Å². The van der Waals surface area contributed by atoms with Crippen molar-refractivity contribution in [2.75, 3.05) is 0 Å². The predicted molar refractivity (Wildman–Crippen MR) is 221 cm³/mol. The second-order valence-corrected chi connectivity index (χ2v) is 32.9. The standard InChI is InChI=1S/C17H17.C14H29Si3.C13H10.2ClH.Zr/c1-3-12-5-7-16-14(9-12)11-15-10-13(4-2)6-8-17(15)16;1-15(2,3)12-10-11-13(16(4,5)6)14(12)17(7,8)9;1-3-7-12(8-4-1)11-13-9-5-2-6-10-13;;;/h5-11H,3-4H2,1-2H3;10,13H,1-9H3;1-10H;2*1H;/q2*-1;;;;+2/p-2. The van der Waals surface area contributed by atoms with Gasteiger partial charge in [0.25, 0.3) is 0 Å². The molecule has 0 saturated carbocycles. The number of benzene rings is 4. The van der Waals surface area contributed by atoms with E-state index < -0.39 is 24.2 Å². The van der Waals surface area contributed by atoms with Crippen LogP contribution in [0.4, 0.5) is 0 Å². The van der Waals surface area contributed by atoms with Crippen LogP contribution in [0.3, 0.4) is 0 Å². The Morgan fingerprint density at radius 1 is 0.620 bits per heavy atom. The Morgan fingerprint density at radius 3 is 1.38 bits per heavy atom. The van der Waals surface area contributed by atoms with E-state index in [2.05, 4.69) is 188 Å². The zero-order valence-electron chi connectivity index (χ0n) is 32.1. The third-order valence-electron chi connectivity index (χ3n) is 9.23. The number of allylic oxidation sites excluding steroid dienone is 4. The monoisotopic (exact) mass is 828 g/mol. The van der Waals surface area contributed by atoms with Gasteiger partial charge in [-0.3, -0.25) is 6.08 Å². The summed E-state index contributed by atoms with van der Waals surface area (Å²) >= 11 is 1.46. The number of hydrogen-bond acceptors (Lipinski definition) is 0. The fraction of sp³-hybridized carbons (Fsp3) is 0.318. The Kier molecular flexibility index (Phi) is 16.7. The molecule has 50 heavy (non-hydrogen) atoms. The zero-order valence-corrected chi connectivity index (χ0v) is 39.1. The molecule has 0 bridgehead atoms. The molecule has 1 aliphatic rings. The van der Waals surface area contributed by atoms with Gasteiger partial charge in [0.1, 0.15) is 0 Å². The van der Waals surface area contributed by atoms with E-state index in [1.807, 2.05) is 5.20 Å². The molecule has 6 heteroatoms. The van der Waals surface area contributed by atoms with E-state index in [9.17, 15) is 0 Å². The van der Waals surface area contributed by atoms with Gasteiger partial charge in [0.2, 0.25) is 0 Å². The van der Waals surface area contributed by atoms with Crippen LogP contribution in [0.5, 0.6) is 0 Å². The summed E-state index contributed by atoms with van der Waals surface area (Å²) in [4.78, 5) is 0. The topological polar surface area (TPSA) is 0 Å². The molecular formula is C44H56Cl2Si3Zr-2. The Hall–Kier alpha value is -1.79. The summed E-state index contributed by atoms with van der Waals surface area (Å²) in [5, 5.41) is 9.11. The molecule has 0 aliphatic heterocycles. The maximum atomic E-state index is 3.74. The molecule has 0 amide bonds. The van der Waals surface area contributed by atoms with Crippen LogP contribution in [0.1, 0.15) is 36.1 Å². The van der Waals surface area contributed by atoms with Gasteiger partial charge in [-0.1, -0.05) is 108 Å². The molecule has 0 saturated heterocycles. The first-order valence-corrected chi connectivity index (χ1v) is 29.5. The Labute approximate surface area is 334 Å². The van der Waals surface area contributed by atoms with Crippen molar-refractivity contribution in [2.24, 2.45) is 0 Å². The van der Waals surface area contributed by atoms with Crippen molar-refractivity contribution < 1.29 is 49.0 Å². The van der Waals surface area contributed by atoms with Gasteiger partial charge in [0.15, 0.2) is 0 Å². The Bertz CT molecular complexity index is 1800. The third-order valence-corrected chi connectivity index (χ3v) is 17.6. The summed E-state index contributed by atoms with van der Waals surface area (Å²) in [7, 11) is -3.57. The van der Waals surface area contributed by atoms with Crippen molar-refractivity contribution in [3.05, 3.63) is 148 Å². The van der Waals surface area contributed by atoms with Crippen molar-refractivity contribution in [1.82, 2.24) is 0 Å². The molecule has 0 spiro atoms. The first-order valence-electron chi connectivity index (χ1n) is 17.7. The van der Waals surface area contributed by atoms with Gasteiger partial charge in [0.05, 0.1) is 8.07 Å². The van der Waals surface area contributed by atoms with Crippen molar-refractivity contribution in [1.29, 1.82) is 0 Å². The quantitative estimate of drug-likeness (QED) is 0.126. The van der Waals surface area contributed by atoms with E-state index in [0.29, 0.717) is 5.54 Å². The number of halogens is 2. The molecule has 0 nitrogen and oxygen atoms in total. The molecule has 5 aromatic rings. The van der Waals surface area contributed by atoms with Gasteiger partial charge in [-0.15, -0.1) is 45.3 Å². The summed E-state index contributed by atoms with van der Waals surface area (Å²) in [5.41, 5.74) is 6.19. The number of rotatable bonds is 7. The zero-order chi connectivity index (χ0) is 35.3. The maximum absolute atomic E-state index is 3.74. The van der Waals surface area contributed by atoms with E-state index in [1.54, 1.807) is 5.20 Å². The fourth-order valence-corrected chi connectivity index (χ4v) is 17.3. The second kappa shape index (κ2) is 18.8. The van der Waals surface area contributed by atoms with Crippen molar-refractivity contribution in [2.45, 2.75) is 91.2 Å². The van der Waals surface area contributed by atoms with Crippen LogP contribution in [-0.2, 0) is 37.1 Å². The molecule has 0 fully saturated rings. The average molecular weight is 831 g/mol. The van der Waals surface area contributed by atoms with Crippen LogP contribution in [0, 0.1) is 6.08 Å². The molecule has 0 radical (unpaired) electrons. The van der Waals surface area contributed by atoms with Crippen LogP contribution < -0.4 is 24.8 Å². The van der Waals surface area contributed by atoms with Gasteiger partial charge in [-0.05, 0) is 20.9 Å². The van der Waals surface area contributed by atoms with E-state index in [1.165, 1.54) is 71.2 Å². The van der Waals surface area contributed by atoms with Crippen LogP contribution in [0.2, 0.25) is 64.5 Å². The minimum atomic E-state index is -1.21. The predicted octanol–water partition coefficient (Wildman–Crippen LogP) is 6.77. The van der Waals surface area contributed by atoms with Gasteiger partial charge < -0.3 is 24.8 Å². The molecule has 1 atom stereocenters. The number of aryl methyl sites for hydroxylation is 2. The molecule has 0 heterocycles. The number of hydrogen-bond donors (Lipinski definition) is 0. The molecule has 1 unspecified atom stereocenters. The summed E-state index contributed by atoms with van der Waals surface area (Å²) in [6.45, 7) is 26.9. The normalized spacial score (nSPS) is 14.3. The molecule has 5 aromatic carbocycles. The summed E-state index contributed by atoms with van der Waals surface area (Å²) in [6.07, 6.45) is 8.34. The minimum absolute atomic E-state index is 0. The van der Waals surface area contributed by atoms with Gasteiger partial charge in [0, 0.05) is 8.07 Å². The van der Waals surface area contributed by atoms with E-state index in [4.69, 9.17) is 0 Å². The van der Waals surface area contributed by atoms with Crippen molar-refractivity contribution in [3.8, 4) is 0 Å². The van der Waals surface area contributed by atoms with Crippen LogP contribution in [0.15, 0.2) is 120 Å². The number of fused-ring (bicyclic) bond motifs is 3. The Morgan fingerprint density at radius 2 is 1.04 bits per heavy atom. The van der Waals surface area contributed by atoms with E-state index in [0.717, 1.165) is 12.8 Å². The van der Waals surface area contributed by atoms with Gasteiger partial charge in [-0.2, -0.15) is 5.20 Å². The van der Waals surface area contributed by atoms with E-state index in [-0.39, 0.29) is 24.8 Å². The van der Waals surface area contributed by atoms with Crippen molar-refractivity contribution in [3.63, 3.8) is 0 Å². The Balaban J connectivity index is 0.000000256. The summed E-state index contributed by atoms with van der Waals surface area (Å²) in [5.74, 6) is 0. The fourth-order valence-electron chi connectivity index (χ4n) is 6.56. The molecule has 1 aliphatic carbocycles. The first kappa shape index (κ1) is 44.4. The molecule has 6 rings (SSSR count). The van der Waals surface area contributed by atoms with Gasteiger partial charge in [-0.25, -0.2) is 11.3 Å². The average Bonchev–Trinajstić information content (AvgIpc) is 3.68. The molecule has 0 N–H and O–H groups in total. The van der Waals surface area contributed by atoms with Crippen molar-refractivity contribution >= 4 is 49.0 Å². The van der Waals surface area contributed by atoms with Crippen LogP contribution >= 0.6 is 0 Å².